The molecule has 0 spiro atoms. The molecule has 0 aromatic rings. The molecule has 0 radical (unpaired) electrons. The van der Waals surface area contributed by atoms with Gasteiger partial charge in [-0.2, -0.15) is 0 Å². The second-order valence-electron chi connectivity index (χ2n) is 3.91. The lowest BCUT2D eigenvalue weighted by Gasteiger charge is -2.28. The molecule has 1 saturated carbocycles. The highest BCUT2D eigenvalue weighted by molar-refractivity contribution is 4.72. The van der Waals surface area contributed by atoms with E-state index in [1.807, 2.05) is 7.05 Å². The summed E-state index contributed by atoms with van der Waals surface area (Å²) in [6, 6.07) is 0. The summed E-state index contributed by atoms with van der Waals surface area (Å²) in [6.45, 7) is 3.62. The van der Waals surface area contributed by atoms with Crippen molar-refractivity contribution in [2.45, 2.75) is 39.0 Å². The molecule has 0 heterocycles. The van der Waals surface area contributed by atoms with Gasteiger partial charge in [-0.25, -0.2) is 0 Å². The average Bonchev–Trinajstić information content (AvgIpc) is 2.03. The largest absolute Gasteiger partial charge is 0.320 e. The van der Waals surface area contributed by atoms with Crippen molar-refractivity contribution < 1.29 is 0 Å². The molecule has 0 aromatic heterocycles. The summed E-state index contributed by atoms with van der Waals surface area (Å²) in [5.74, 6) is 1.99. The van der Waals surface area contributed by atoms with Gasteiger partial charge in [0.25, 0.3) is 0 Å². The quantitative estimate of drug-likeness (QED) is 0.660. The van der Waals surface area contributed by atoms with Crippen LogP contribution in [0, 0.1) is 11.8 Å². The van der Waals surface area contributed by atoms with E-state index in [1.165, 1.54) is 38.6 Å². The van der Waals surface area contributed by atoms with Crippen molar-refractivity contribution in [1.82, 2.24) is 5.32 Å². The van der Waals surface area contributed by atoms with Gasteiger partial charge in [-0.15, -0.1) is 0 Å². The summed E-state index contributed by atoms with van der Waals surface area (Å²) in [6.07, 6.45) is 7.27. The Morgan fingerprint density at radius 2 is 2.00 bits per heavy atom. The van der Waals surface area contributed by atoms with E-state index < -0.39 is 0 Å². The lowest BCUT2D eigenvalue weighted by molar-refractivity contribution is 0.241. The highest BCUT2D eigenvalue weighted by Gasteiger charge is 2.19. The van der Waals surface area contributed by atoms with Crippen molar-refractivity contribution in [3.63, 3.8) is 0 Å². The summed E-state index contributed by atoms with van der Waals surface area (Å²) in [5, 5.41) is 3.24. The molecule has 1 aliphatic rings. The Kier molecular flexibility index (Phi) is 3.92. The average molecular weight is 155 g/mol. The fourth-order valence-corrected chi connectivity index (χ4v) is 2.15. The third-order valence-corrected chi connectivity index (χ3v) is 3.05. The van der Waals surface area contributed by atoms with E-state index in [-0.39, 0.29) is 0 Å². The van der Waals surface area contributed by atoms with Crippen molar-refractivity contribution in [3.05, 3.63) is 0 Å². The van der Waals surface area contributed by atoms with Gasteiger partial charge in [-0.1, -0.05) is 32.6 Å². The van der Waals surface area contributed by atoms with Gasteiger partial charge in [0.1, 0.15) is 0 Å². The van der Waals surface area contributed by atoms with Crippen LogP contribution in [0.3, 0.4) is 0 Å². The van der Waals surface area contributed by atoms with Crippen LogP contribution in [-0.4, -0.2) is 13.6 Å². The van der Waals surface area contributed by atoms with Gasteiger partial charge in [0.15, 0.2) is 0 Å². The zero-order valence-electron chi connectivity index (χ0n) is 7.90. The number of nitrogens with one attached hydrogen (secondary N) is 1. The topological polar surface area (TPSA) is 12.0 Å². The van der Waals surface area contributed by atoms with E-state index in [4.69, 9.17) is 0 Å². The minimum absolute atomic E-state index is 0.983. The second kappa shape index (κ2) is 4.76. The van der Waals surface area contributed by atoms with Crippen LogP contribution in [0.4, 0.5) is 0 Å². The molecule has 0 aliphatic heterocycles. The molecule has 1 fully saturated rings. The molecule has 0 aromatic carbocycles. The maximum Gasteiger partial charge on any atom is -0.00492 e. The smallest absolute Gasteiger partial charge is 0.00492 e. The molecule has 0 saturated heterocycles. The Balaban J connectivity index is 2.18. The molecule has 1 heteroatoms. The molecule has 1 rings (SSSR count). The van der Waals surface area contributed by atoms with Crippen molar-refractivity contribution >= 4 is 0 Å². The summed E-state index contributed by atoms with van der Waals surface area (Å²) in [5.41, 5.74) is 0. The molecule has 66 valence electrons. The molecule has 1 N–H and O–H groups in total. The Morgan fingerprint density at radius 3 is 2.64 bits per heavy atom. The van der Waals surface area contributed by atoms with Crippen molar-refractivity contribution in [1.29, 1.82) is 0 Å². The lowest BCUT2D eigenvalue weighted by atomic mass is 9.79. The first-order valence-corrected chi connectivity index (χ1v) is 4.99. The summed E-state index contributed by atoms with van der Waals surface area (Å²) < 4.78 is 0. The van der Waals surface area contributed by atoms with Gasteiger partial charge in [0.2, 0.25) is 0 Å². The Morgan fingerprint density at radius 1 is 1.27 bits per heavy atom. The number of hydrogen-bond donors (Lipinski definition) is 1. The third-order valence-electron chi connectivity index (χ3n) is 3.05. The highest BCUT2D eigenvalue weighted by atomic mass is 14.8. The van der Waals surface area contributed by atoms with Crippen LogP contribution in [0.2, 0.25) is 0 Å². The van der Waals surface area contributed by atoms with Gasteiger partial charge in [-0.05, 0) is 31.8 Å². The van der Waals surface area contributed by atoms with Crippen LogP contribution in [-0.2, 0) is 0 Å². The van der Waals surface area contributed by atoms with Crippen LogP contribution in [0.15, 0.2) is 0 Å². The maximum absolute atomic E-state index is 3.24. The first-order valence-electron chi connectivity index (χ1n) is 4.99. The highest BCUT2D eigenvalue weighted by Crippen LogP contribution is 2.31. The summed E-state index contributed by atoms with van der Waals surface area (Å²) in [7, 11) is 2.05. The van der Waals surface area contributed by atoms with E-state index in [0.29, 0.717) is 0 Å². The minimum Gasteiger partial charge on any atom is -0.320 e. The van der Waals surface area contributed by atoms with E-state index in [9.17, 15) is 0 Å². The molecule has 0 bridgehead atoms. The van der Waals surface area contributed by atoms with Gasteiger partial charge in [-0.3, -0.25) is 0 Å². The predicted octanol–water partition coefficient (Wildman–Crippen LogP) is 2.42. The molecule has 1 aliphatic carbocycles. The van der Waals surface area contributed by atoms with Gasteiger partial charge in [0.05, 0.1) is 0 Å². The molecular formula is C10H21N. The standard InChI is InChI=1S/C10H21N/c1-9-5-3-4-6-10(9)7-8-11-2/h9-11H,3-8H2,1-2H3. The zero-order chi connectivity index (χ0) is 8.10. The molecular weight excluding hydrogens is 134 g/mol. The van der Waals surface area contributed by atoms with Gasteiger partial charge in [0, 0.05) is 0 Å². The van der Waals surface area contributed by atoms with Crippen LogP contribution >= 0.6 is 0 Å². The minimum atomic E-state index is 0.983. The monoisotopic (exact) mass is 155 g/mol. The lowest BCUT2D eigenvalue weighted by Crippen LogP contribution is -2.21. The van der Waals surface area contributed by atoms with E-state index in [2.05, 4.69) is 12.2 Å². The zero-order valence-corrected chi connectivity index (χ0v) is 7.90. The van der Waals surface area contributed by atoms with Gasteiger partial charge >= 0.3 is 0 Å². The van der Waals surface area contributed by atoms with Crippen molar-refractivity contribution in [2.24, 2.45) is 11.8 Å². The fourth-order valence-electron chi connectivity index (χ4n) is 2.15. The van der Waals surface area contributed by atoms with Crippen LogP contribution in [0.5, 0.6) is 0 Å². The second-order valence-corrected chi connectivity index (χ2v) is 3.91. The Hall–Kier alpha value is -0.0400. The van der Waals surface area contributed by atoms with Gasteiger partial charge < -0.3 is 5.32 Å². The molecule has 2 unspecified atom stereocenters. The van der Waals surface area contributed by atoms with E-state index >= 15 is 0 Å². The van der Waals surface area contributed by atoms with Crippen molar-refractivity contribution in [3.8, 4) is 0 Å². The Labute approximate surface area is 70.6 Å². The van der Waals surface area contributed by atoms with E-state index in [0.717, 1.165) is 11.8 Å². The van der Waals surface area contributed by atoms with Crippen molar-refractivity contribution in [2.75, 3.05) is 13.6 Å². The normalized spacial score (nSPS) is 32.2. The first-order chi connectivity index (χ1) is 5.34. The number of hydrogen-bond acceptors (Lipinski definition) is 1. The van der Waals surface area contributed by atoms with Crippen LogP contribution in [0.1, 0.15) is 39.0 Å². The number of rotatable bonds is 3. The summed E-state index contributed by atoms with van der Waals surface area (Å²) >= 11 is 0. The predicted molar refractivity (Wildman–Crippen MR) is 49.7 cm³/mol. The SMILES string of the molecule is CNCCC1CCCCC1C. The van der Waals surface area contributed by atoms with Crippen LogP contribution < -0.4 is 5.32 Å². The molecule has 0 amide bonds. The van der Waals surface area contributed by atoms with Crippen LogP contribution in [0.25, 0.3) is 0 Å². The molecule has 2 atom stereocenters. The first kappa shape index (κ1) is 9.05. The Bertz CT molecular complexity index is 101. The summed E-state index contributed by atoms with van der Waals surface area (Å²) in [4.78, 5) is 0. The molecule has 11 heavy (non-hydrogen) atoms. The fraction of sp³-hybridized carbons (Fsp3) is 1.00. The maximum atomic E-state index is 3.24. The van der Waals surface area contributed by atoms with E-state index in [1.54, 1.807) is 0 Å². The molecule has 1 nitrogen and oxygen atoms in total. The third kappa shape index (κ3) is 2.82.